The Morgan fingerprint density at radius 3 is 2.37 bits per heavy atom. The molecule has 0 atom stereocenters. The third-order valence-electron chi connectivity index (χ3n) is 5.72. The number of ether oxygens (including phenoxy) is 2. The molecule has 0 saturated heterocycles. The second kappa shape index (κ2) is 12.7. The summed E-state index contributed by atoms with van der Waals surface area (Å²) in [6.45, 7) is 10.8. The largest absolute Gasteiger partial charge is 0.494 e. The fourth-order valence-corrected chi connectivity index (χ4v) is 4.87. The zero-order chi connectivity index (χ0) is 30.5. The molecular weight excluding hydrogens is 570 g/mol. The summed E-state index contributed by atoms with van der Waals surface area (Å²) in [5.74, 6) is 0.791. The van der Waals surface area contributed by atoms with Gasteiger partial charge in [0.05, 0.1) is 41.0 Å². The van der Waals surface area contributed by atoms with Gasteiger partial charge in [0.25, 0.3) is 0 Å². The Morgan fingerprint density at radius 1 is 1.10 bits per heavy atom. The smallest absolute Gasteiger partial charge is 0.412 e. The number of carbonyl (C=O) groups excluding carboxylic acids is 1. The van der Waals surface area contributed by atoms with Crippen LogP contribution in [0.3, 0.4) is 0 Å². The van der Waals surface area contributed by atoms with Crippen LogP contribution in [-0.2, 0) is 14.6 Å². The number of aromatic nitrogens is 2. The number of methoxy groups -OCH3 is 1. The van der Waals surface area contributed by atoms with E-state index in [9.17, 15) is 13.2 Å². The van der Waals surface area contributed by atoms with Crippen LogP contribution in [0.5, 0.6) is 5.75 Å². The molecule has 1 amide bonds. The van der Waals surface area contributed by atoms with Gasteiger partial charge in [0.2, 0.25) is 5.95 Å². The van der Waals surface area contributed by atoms with Crippen molar-refractivity contribution in [1.82, 2.24) is 9.97 Å². The fourth-order valence-electron chi connectivity index (χ4n) is 3.90. The van der Waals surface area contributed by atoms with E-state index in [0.29, 0.717) is 22.8 Å². The molecule has 0 radical (unpaired) electrons. The summed E-state index contributed by atoms with van der Waals surface area (Å²) in [6, 6.07) is 7.83. The zero-order valence-electron chi connectivity index (χ0n) is 24.1. The van der Waals surface area contributed by atoms with E-state index in [1.807, 2.05) is 19.9 Å². The molecule has 0 bridgehead atoms. The zero-order valence-corrected chi connectivity index (χ0v) is 25.7. The summed E-state index contributed by atoms with van der Waals surface area (Å²) in [6.07, 6.45) is 1.74. The van der Waals surface area contributed by atoms with E-state index in [1.54, 1.807) is 33.9 Å². The predicted octanol–water partition coefficient (Wildman–Crippen LogP) is 5.80. The van der Waals surface area contributed by atoms with Gasteiger partial charge in [-0.2, -0.15) is 4.98 Å². The number of sulfone groups is 1. The standard InChI is InChI=1S/C27H36ClN7O5S/c1-8-35(9-2)21-14-22(39-6)19(13-18(21)29)33-25-30-15-17(28)24(34-25)32-20-12-16(10-11-23(20)41(7,37)38)31-26(36)40-27(3,4)5/h10-15H,8-9,29H2,1-7H3,(H,31,36)(H2,30,32,33,34). The predicted molar refractivity (Wildman–Crippen MR) is 164 cm³/mol. The van der Waals surface area contributed by atoms with Crippen molar-refractivity contribution in [1.29, 1.82) is 0 Å². The van der Waals surface area contributed by atoms with E-state index in [1.165, 1.54) is 24.4 Å². The molecule has 14 heteroatoms. The van der Waals surface area contributed by atoms with Crippen LogP contribution in [0.15, 0.2) is 41.4 Å². The molecule has 222 valence electrons. The van der Waals surface area contributed by atoms with Crippen LogP contribution in [-0.4, -0.2) is 56.5 Å². The van der Waals surface area contributed by atoms with Gasteiger partial charge < -0.3 is 30.7 Å². The van der Waals surface area contributed by atoms with Crippen LogP contribution < -0.4 is 31.3 Å². The van der Waals surface area contributed by atoms with Crippen LogP contribution in [0.4, 0.5) is 45.0 Å². The van der Waals surface area contributed by atoms with Crippen LogP contribution >= 0.6 is 11.6 Å². The Bertz CT molecular complexity index is 1520. The third-order valence-corrected chi connectivity index (χ3v) is 7.15. The first-order chi connectivity index (χ1) is 19.1. The van der Waals surface area contributed by atoms with Crippen molar-refractivity contribution in [3.05, 3.63) is 41.6 Å². The lowest BCUT2D eigenvalue weighted by molar-refractivity contribution is 0.0636. The molecule has 0 spiro atoms. The van der Waals surface area contributed by atoms with Gasteiger partial charge in [-0.1, -0.05) is 11.6 Å². The number of hydrogen-bond donors (Lipinski definition) is 4. The lowest BCUT2D eigenvalue weighted by Gasteiger charge is -2.24. The van der Waals surface area contributed by atoms with Crippen molar-refractivity contribution >= 4 is 67.7 Å². The minimum atomic E-state index is -3.67. The Kier molecular flexibility index (Phi) is 9.77. The van der Waals surface area contributed by atoms with Gasteiger partial charge in [-0.3, -0.25) is 5.32 Å². The lowest BCUT2D eigenvalue weighted by atomic mass is 10.2. The molecule has 2 aromatic carbocycles. The first-order valence-corrected chi connectivity index (χ1v) is 15.0. The van der Waals surface area contributed by atoms with Gasteiger partial charge in [-0.25, -0.2) is 18.2 Å². The number of nitrogens with zero attached hydrogens (tertiary/aromatic N) is 3. The van der Waals surface area contributed by atoms with E-state index in [-0.39, 0.29) is 27.4 Å². The molecule has 0 unspecified atom stereocenters. The molecule has 0 fully saturated rings. The number of benzene rings is 2. The maximum absolute atomic E-state index is 12.5. The van der Waals surface area contributed by atoms with Crippen LogP contribution in [0.1, 0.15) is 34.6 Å². The van der Waals surface area contributed by atoms with Crippen molar-refractivity contribution in [2.24, 2.45) is 0 Å². The summed E-state index contributed by atoms with van der Waals surface area (Å²) < 4.78 is 35.9. The van der Waals surface area contributed by atoms with E-state index in [0.717, 1.165) is 25.0 Å². The van der Waals surface area contributed by atoms with Crippen LogP contribution in [0.2, 0.25) is 5.02 Å². The summed E-state index contributed by atoms with van der Waals surface area (Å²) in [5.41, 5.74) is 7.96. The summed E-state index contributed by atoms with van der Waals surface area (Å²) in [7, 11) is -2.13. The molecular formula is C27H36ClN7O5S. The van der Waals surface area contributed by atoms with Crippen molar-refractivity contribution in [2.45, 2.75) is 45.1 Å². The second-order valence-corrected chi connectivity index (χ2v) is 12.4. The average Bonchev–Trinajstić information content (AvgIpc) is 2.86. The minimum absolute atomic E-state index is 0.0298. The molecule has 0 aliphatic carbocycles. The van der Waals surface area contributed by atoms with Crippen molar-refractivity contribution < 1.29 is 22.7 Å². The maximum Gasteiger partial charge on any atom is 0.412 e. The number of nitrogen functional groups attached to an aromatic ring is 1. The monoisotopic (exact) mass is 605 g/mol. The van der Waals surface area contributed by atoms with E-state index >= 15 is 0 Å². The first-order valence-electron chi connectivity index (χ1n) is 12.8. The Hall–Kier alpha value is -3.97. The number of amides is 1. The Labute approximate surface area is 245 Å². The molecule has 5 N–H and O–H groups in total. The highest BCUT2D eigenvalue weighted by molar-refractivity contribution is 7.90. The van der Waals surface area contributed by atoms with Crippen LogP contribution in [0, 0.1) is 0 Å². The van der Waals surface area contributed by atoms with E-state index in [4.69, 9.17) is 26.8 Å². The van der Waals surface area contributed by atoms with Gasteiger partial charge in [-0.05, 0) is 58.9 Å². The molecule has 1 heterocycles. The average molecular weight is 606 g/mol. The Balaban J connectivity index is 1.96. The minimum Gasteiger partial charge on any atom is -0.494 e. The first kappa shape index (κ1) is 31.6. The highest BCUT2D eigenvalue weighted by Crippen LogP contribution is 2.37. The number of carbonyl (C=O) groups is 1. The van der Waals surface area contributed by atoms with Crippen LogP contribution in [0.25, 0.3) is 0 Å². The quantitative estimate of drug-likeness (QED) is 0.206. The van der Waals surface area contributed by atoms with Crippen molar-refractivity contribution in [2.75, 3.05) is 53.0 Å². The number of rotatable bonds is 10. The fraction of sp³-hybridized carbons (Fsp3) is 0.370. The molecule has 3 aromatic rings. The van der Waals surface area contributed by atoms with Gasteiger partial charge in [0.15, 0.2) is 15.7 Å². The number of hydrogen-bond acceptors (Lipinski definition) is 11. The number of nitrogens with two attached hydrogens (primary N) is 1. The van der Waals surface area contributed by atoms with Crippen molar-refractivity contribution in [3.63, 3.8) is 0 Å². The number of halogens is 1. The Morgan fingerprint density at radius 2 is 1.78 bits per heavy atom. The van der Waals surface area contributed by atoms with Gasteiger partial charge in [0, 0.05) is 31.1 Å². The molecule has 41 heavy (non-hydrogen) atoms. The molecule has 0 saturated carbocycles. The maximum atomic E-state index is 12.5. The highest BCUT2D eigenvalue weighted by atomic mass is 35.5. The van der Waals surface area contributed by atoms with E-state index < -0.39 is 21.5 Å². The molecule has 12 nitrogen and oxygen atoms in total. The summed E-state index contributed by atoms with van der Waals surface area (Å²) in [4.78, 5) is 23.0. The van der Waals surface area contributed by atoms with E-state index in [2.05, 4.69) is 30.8 Å². The molecule has 0 aliphatic heterocycles. The topological polar surface area (TPSA) is 161 Å². The molecule has 0 aliphatic rings. The molecule has 1 aromatic heterocycles. The number of anilines is 7. The van der Waals surface area contributed by atoms with Gasteiger partial charge >= 0.3 is 6.09 Å². The highest BCUT2D eigenvalue weighted by Gasteiger charge is 2.20. The number of nitrogens with one attached hydrogen (secondary N) is 3. The summed E-state index contributed by atoms with van der Waals surface area (Å²) in [5, 5.41) is 8.77. The van der Waals surface area contributed by atoms with Crippen molar-refractivity contribution in [3.8, 4) is 5.75 Å². The molecule has 3 rings (SSSR count). The second-order valence-electron chi connectivity index (χ2n) is 10.0. The summed E-state index contributed by atoms with van der Waals surface area (Å²) >= 11 is 6.38. The normalized spacial score (nSPS) is 11.5. The third kappa shape index (κ3) is 8.27. The van der Waals surface area contributed by atoms with Gasteiger partial charge in [-0.15, -0.1) is 0 Å². The lowest BCUT2D eigenvalue weighted by Crippen LogP contribution is -2.27. The van der Waals surface area contributed by atoms with Gasteiger partial charge in [0.1, 0.15) is 16.4 Å². The SMILES string of the molecule is CCN(CC)c1cc(OC)c(Nc2ncc(Cl)c(Nc3cc(NC(=O)OC(C)(C)C)ccc3S(C)(=O)=O)n2)cc1N.